The Morgan fingerprint density at radius 1 is 1.33 bits per heavy atom. The van der Waals surface area contributed by atoms with E-state index in [1.807, 2.05) is 31.2 Å². The minimum Gasteiger partial charge on any atom is -0.382 e. The number of rotatable bonds is 6. The lowest BCUT2D eigenvalue weighted by Crippen LogP contribution is -2.59. The number of hydrogen-bond acceptors (Lipinski definition) is 3. The lowest BCUT2D eigenvalue weighted by Gasteiger charge is -2.54. The Morgan fingerprint density at radius 2 is 1.95 bits per heavy atom. The molecule has 0 bridgehead atoms. The predicted octanol–water partition coefficient (Wildman–Crippen LogP) is 3.18. The van der Waals surface area contributed by atoms with Gasteiger partial charge in [-0.3, -0.25) is 0 Å². The molecule has 1 saturated carbocycles. The van der Waals surface area contributed by atoms with Crippen molar-refractivity contribution in [2.45, 2.75) is 45.8 Å². The SMILES string of the molecule is CCOC1CC(Nc2ccc(NC(N)=O)cc2)C1(C)CC. The average molecular weight is 291 g/mol. The van der Waals surface area contributed by atoms with Gasteiger partial charge in [-0.2, -0.15) is 0 Å². The standard InChI is InChI=1S/C16H25N3O2/c1-4-16(3)13(10-14(16)21-5-2)18-11-6-8-12(9-7-11)19-15(17)20/h6-9,13-14,18H,4-5,10H2,1-3H3,(H3,17,19,20). The summed E-state index contributed by atoms with van der Waals surface area (Å²) in [6, 6.07) is 7.45. The molecule has 21 heavy (non-hydrogen) atoms. The van der Waals surface area contributed by atoms with Gasteiger partial charge in [0.2, 0.25) is 0 Å². The summed E-state index contributed by atoms with van der Waals surface area (Å²) in [5, 5.41) is 6.12. The minimum absolute atomic E-state index is 0.167. The third-order valence-electron chi connectivity index (χ3n) is 4.60. The van der Waals surface area contributed by atoms with Crippen molar-refractivity contribution in [3.63, 3.8) is 0 Å². The van der Waals surface area contributed by atoms with Crippen LogP contribution < -0.4 is 16.4 Å². The fraction of sp³-hybridized carbons (Fsp3) is 0.562. The van der Waals surface area contributed by atoms with Gasteiger partial charge in [0.25, 0.3) is 0 Å². The second-order valence-corrected chi connectivity index (χ2v) is 5.80. The molecular weight excluding hydrogens is 266 g/mol. The number of benzene rings is 1. The molecule has 0 aromatic heterocycles. The molecule has 4 N–H and O–H groups in total. The number of anilines is 2. The van der Waals surface area contributed by atoms with E-state index in [1.165, 1.54) is 0 Å². The van der Waals surface area contributed by atoms with E-state index >= 15 is 0 Å². The van der Waals surface area contributed by atoms with E-state index in [0.29, 0.717) is 17.8 Å². The van der Waals surface area contributed by atoms with E-state index in [2.05, 4.69) is 24.5 Å². The second kappa shape index (κ2) is 6.35. The molecule has 1 aliphatic carbocycles. The van der Waals surface area contributed by atoms with Crippen molar-refractivity contribution in [1.29, 1.82) is 0 Å². The maximum Gasteiger partial charge on any atom is 0.316 e. The summed E-state index contributed by atoms with van der Waals surface area (Å²) in [6.07, 6.45) is 2.44. The van der Waals surface area contributed by atoms with Crippen molar-refractivity contribution in [3.8, 4) is 0 Å². The molecule has 0 heterocycles. The van der Waals surface area contributed by atoms with Gasteiger partial charge in [-0.05, 0) is 44.0 Å². The van der Waals surface area contributed by atoms with E-state index in [4.69, 9.17) is 10.5 Å². The van der Waals surface area contributed by atoms with Crippen molar-refractivity contribution in [1.82, 2.24) is 0 Å². The zero-order chi connectivity index (χ0) is 15.5. The molecule has 1 aromatic rings. The summed E-state index contributed by atoms with van der Waals surface area (Å²) in [5.74, 6) is 0. The van der Waals surface area contributed by atoms with Crippen molar-refractivity contribution < 1.29 is 9.53 Å². The lowest BCUT2D eigenvalue weighted by molar-refractivity contribution is -0.109. The summed E-state index contributed by atoms with van der Waals surface area (Å²) >= 11 is 0. The van der Waals surface area contributed by atoms with Gasteiger partial charge < -0.3 is 21.1 Å². The van der Waals surface area contributed by atoms with E-state index in [-0.39, 0.29) is 5.41 Å². The molecule has 0 saturated heterocycles. The summed E-state index contributed by atoms with van der Waals surface area (Å²) in [7, 11) is 0. The van der Waals surface area contributed by atoms with Crippen molar-refractivity contribution in [2.24, 2.45) is 11.1 Å². The van der Waals surface area contributed by atoms with Crippen LogP contribution in [0, 0.1) is 5.41 Å². The van der Waals surface area contributed by atoms with Gasteiger partial charge >= 0.3 is 6.03 Å². The van der Waals surface area contributed by atoms with Crippen molar-refractivity contribution >= 4 is 17.4 Å². The van der Waals surface area contributed by atoms with Crippen LogP contribution in [0.3, 0.4) is 0 Å². The number of amides is 2. The van der Waals surface area contributed by atoms with Crippen LogP contribution in [0.25, 0.3) is 0 Å². The molecule has 1 fully saturated rings. The summed E-state index contributed by atoms with van der Waals surface area (Å²) in [6.45, 7) is 7.29. The number of primary amides is 1. The summed E-state index contributed by atoms with van der Waals surface area (Å²) in [4.78, 5) is 10.8. The van der Waals surface area contributed by atoms with Crippen molar-refractivity contribution in [3.05, 3.63) is 24.3 Å². The first-order valence-electron chi connectivity index (χ1n) is 7.54. The maximum atomic E-state index is 10.8. The zero-order valence-corrected chi connectivity index (χ0v) is 13.0. The fourth-order valence-corrected chi connectivity index (χ4v) is 2.97. The molecular formula is C16H25N3O2. The highest BCUT2D eigenvalue weighted by atomic mass is 16.5. The van der Waals surface area contributed by atoms with Crippen LogP contribution in [0.5, 0.6) is 0 Å². The summed E-state index contributed by atoms with van der Waals surface area (Å²) in [5.41, 5.74) is 7.01. The van der Waals surface area contributed by atoms with E-state index in [0.717, 1.165) is 25.1 Å². The minimum atomic E-state index is -0.548. The Morgan fingerprint density at radius 3 is 2.48 bits per heavy atom. The molecule has 1 aromatic carbocycles. The molecule has 1 aliphatic rings. The average Bonchev–Trinajstić information content (AvgIpc) is 2.46. The molecule has 0 aliphatic heterocycles. The number of urea groups is 1. The van der Waals surface area contributed by atoms with Crippen LogP contribution in [-0.2, 0) is 4.74 Å². The van der Waals surface area contributed by atoms with Gasteiger partial charge in [-0.1, -0.05) is 13.8 Å². The largest absolute Gasteiger partial charge is 0.382 e. The van der Waals surface area contributed by atoms with Gasteiger partial charge in [0.1, 0.15) is 0 Å². The number of hydrogen-bond donors (Lipinski definition) is 3. The Bertz CT molecular complexity index is 489. The second-order valence-electron chi connectivity index (χ2n) is 5.80. The number of nitrogens with two attached hydrogens (primary N) is 1. The number of carbonyl (C=O) groups is 1. The zero-order valence-electron chi connectivity index (χ0n) is 13.0. The first-order chi connectivity index (χ1) is 9.99. The smallest absolute Gasteiger partial charge is 0.316 e. The monoisotopic (exact) mass is 291 g/mol. The molecule has 3 atom stereocenters. The topological polar surface area (TPSA) is 76.4 Å². The predicted molar refractivity (Wildman–Crippen MR) is 85.5 cm³/mol. The van der Waals surface area contributed by atoms with Gasteiger partial charge in [0.15, 0.2) is 0 Å². The van der Waals surface area contributed by atoms with Crippen LogP contribution in [0.15, 0.2) is 24.3 Å². The molecule has 5 heteroatoms. The Balaban J connectivity index is 1.97. The fourth-order valence-electron chi connectivity index (χ4n) is 2.97. The van der Waals surface area contributed by atoms with Gasteiger partial charge in [0.05, 0.1) is 6.10 Å². The van der Waals surface area contributed by atoms with Gasteiger partial charge in [-0.25, -0.2) is 4.79 Å². The van der Waals surface area contributed by atoms with Gasteiger partial charge in [0, 0.05) is 29.4 Å². The normalized spacial score (nSPS) is 27.8. The molecule has 2 rings (SSSR count). The van der Waals surface area contributed by atoms with E-state index in [1.54, 1.807) is 0 Å². The third-order valence-corrected chi connectivity index (χ3v) is 4.60. The highest BCUT2D eigenvalue weighted by Gasteiger charge is 2.51. The first-order valence-corrected chi connectivity index (χ1v) is 7.54. The number of ether oxygens (including phenoxy) is 1. The van der Waals surface area contributed by atoms with Crippen LogP contribution >= 0.6 is 0 Å². The van der Waals surface area contributed by atoms with Crippen LogP contribution in [0.2, 0.25) is 0 Å². The number of carbonyl (C=O) groups excluding carboxylic acids is 1. The van der Waals surface area contributed by atoms with Crippen LogP contribution in [-0.4, -0.2) is 24.8 Å². The van der Waals surface area contributed by atoms with Gasteiger partial charge in [-0.15, -0.1) is 0 Å². The molecule has 5 nitrogen and oxygen atoms in total. The molecule has 2 amide bonds. The maximum absolute atomic E-state index is 10.8. The lowest BCUT2D eigenvalue weighted by atomic mass is 9.61. The highest BCUT2D eigenvalue weighted by Crippen LogP contribution is 2.47. The Kier molecular flexibility index (Phi) is 4.73. The Labute approximate surface area is 126 Å². The van der Waals surface area contributed by atoms with E-state index < -0.39 is 6.03 Å². The van der Waals surface area contributed by atoms with Crippen LogP contribution in [0.1, 0.15) is 33.6 Å². The molecule has 116 valence electrons. The molecule has 0 radical (unpaired) electrons. The van der Waals surface area contributed by atoms with Crippen molar-refractivity contribution in [2.75, 3.05) is 17.2 Å². The molecule has 0 spiro atoms. The Hall–Kier alpha value is -1.75. The quantitative estimate of drug-likeness (QED) is 0.753. The first kappa shape index (κ1) is 15.6. The number of nitrogens with one attached hydrogen (secondary N) is 2. The molecule has 3 unspecified atom stereocenters. The highest BCUT2D eigenvalue weighted by molar-refractivity contribution is 5.87. The van der Waals surface area contributed by atoms with Crippen LogP contribution in [0.4, 0.5) is 16.2 Å². The summed E-state index contributed by atoms with van der Waals surface area (Å²) < 4.78 is 5.81. The van der Waals surface area contributed by atoms with E-state index in [9.17, 15) is 4.79 Å². The third kappa shape index (κ3) is 3.29.